The summed E-state index contributed by atoms with van der Waals surface area (Å²) < 4.78 is 0. The van der Waals surface area contributed by atoms with Gasteiger partial charge in [-0.25, -0.2) is 4.79 Å². The molecule has 2 N–H and O–H groups in total. The summed E-state index contributed by atoms with van der Waals surface area (Å²) in [6.45, 7) is 6.21. The van der Waals surface area contributed by atoms with Crippen LogP contribution in [-0.4, -0.2) is 40.1 Å². The maximum atomic E-state index is 11.9. The van der Waals surface area contributed by atoms with E-state index < -0.39 is 11.5 Å². The van der Waals surface area contributed by atoms with Crippen molar-refractivity contribution in [1.29, 1.82) is 0 Å². The van der Waals surface area contributed by atoms with Crippen LogP contribution in [0.3, 0.4) is 0 Å². The van der Waals surface area contributed by atoms with E-state index in [-0.39, 0.29) is 18.5 Å². The average Bonchev–Trinajstić information content (AvgIpc) is 2.47. The van der Waals surface area contributed by atoms with Crippen LogP contribution in [0.15, 0.2) is 0 Å². The van der Waals surface area contributed by atoms with E-state index >= 15 is 0 Å². The summed E-state index contributed by atoms with van der Waals surface area (Å²) >= 11 is 0. The number of aliphatic carboxylic acids is 1. The number of nitrogens with zero attached hydrogens (tertiary/aromatic N) is 1. The van der Waals surface area contributed by atoms with Gasteiger partial charge in [0.1, 0.15) is 0 Å². The zero-order valence-corrected chi connectivity index (χ0v) is 10.1. The van der Waals surface area contributed by atoms with E-state index in [9.17, 15) is 9.59 Å². The fourth-order valence-electron chi connectivity index (χ4n) is 2.02. The van der Waals surface area contributed by atoms with Gasteiger partial charge in [0.2, 0.25) is 0 Å². The number of nitrogens with one attached hydrogen (secondary N) is 1. The largest absolute Gasteiger partial charge is 0.481 e. The molecular formula is C11H20N2O3. The summed E-state index contributed by atoms with van der Waals surface area (Å²) in [6.07, 6.45) is 1.97. The Morgan fingerprint density at radius 2 is 2.12 bits per heavy atom. The van der Waals surface area contributed by atoms with E-state index in [1.807, 2.05) is 6.92 Å². The molecule has 5 heteroatoms. The number of carboxylic acids is 1. The van der Waals surface area contributed by atoms with Gasteiger partial charge in [-0.15, -0.1) is 0 Å². The Kier molecular flexibility index (Phi) is 3.78. The number of urea groups is 1. The van der Waals surface area contributed by atoms with Crippen molar-refractivity contribution in [3.63, 3.8) is 0 Å². The number of hydrogen-bond acceptors (Lipinski definition) is 2. The van der Waals surface area contributed by atoms with Gasteiger partial charge in [0.15, 0.2) is 0 Å². The number of likely N-dealkylation sites (tertiary alicyclic amines) is 1. The standard InChI is InChI=1S/C11H20N2O3/c1-8-5-4-6-13(8)10(16)12-11(2,3)7-9(14)15/h8H,4-7H2,1-3H3,(H,12,16)(H,14,15). The topological polar surface area (TPSA) is 69.6 Å². The van der Waals surface area contributed by atoms with Crippen LogP contribution < -0.4 is 5.32 Å². The first-order valence-corrected chi connectivity index (χ1v) is 5.62. The summed E-state index contributed by atoms with van der Waals surface area (Å²) in [5.74, 6) is -0.903. The predicted octanol–water partition coefficient (Wildman–Crippen LogP) is 1.43. The van der Waals surface area contributed by atoms with Crippen molar-refractivity contribution in [2.75, 3.05) is 6.54 Å². The molecule has 0 bridgehead atoms. The van der Waals surface area contributed by atoms with Crippen molar-refractivity contribution in [1.82, 2.24) is 10.2 Å². The Hall–Kier alpha value is -1.26. The minimum Gasteiger partial charge on any atom is -0.481 e. The normalized spacial score (nSPS) is 20.9. The molecule has 0 aliphatic carbocycles. The molecule has 1 saturated heterocycles. The SMILES string of the molecule is CC1CCCN1C(=O)NC(C)(C)CC(=O)O. The summed E-state index contributed by atoms with van der Waals surface area (Å²) in [5, 5.41) is 11.5. The Morgan fingerprint density at radius 3 is 2.56 bits per heavy atom. The van der Waals surface area contributed by atoms with E-state index in [4.69, 9.17) is 5.11 Å². The van der Waals surface area contributed by atoms with Crippen molar-refractivity contribution in [3.05, 3.63) is 0 Å². The molecule has 5 nitrogen and oxygen atoms in total. The maximum absolute atomic E-state index is 11.9. The predicted molar refractivity (Wildman–Crippen MR) is 60.3 cm³/mol. The van der Waals surface area contributed by atoms with Crippen LogP contribution in [0.5, 0.6) is 0 Å². The molecule has 0 aromatic heterocycles. The molecule has 0 spiro atoms. The molecule has 2 amide bonds. The highest BCUT2D eigenvalue weighted by Gasteiger charge is 2.30. The lowest BCUT2D eigenvalue weighted by Crippen LogP contribution is -2.51. The third kappa shape index (κ3) is 3.40. The summed E-state index contributed by atoms with van der Waals surface area (Å²) in [7, 11) is 0. The van der Waals surface area contributed by atoms with E-state index in [0.29, 0.717) is 0 Å². The number of hydrogen-bond donors (Lipinski definition) is 2. The molecular weight excluding hydrogens is 208 g/mol. The highest BCUT2D eigenvalue weighted by molar-refractivity contribution is 5.77. The monoisotopic (exact) mass is 228 g/mol. The Morgan fingerprint density at radius 1 is 1.50 bits per heavy atom. The van der Waals surface area contributed by atoms with Gasteiger partial charge in [-0.1, -0.05) is 0 Å². The van der Waals surface area contributed by atoms with Gasteiger partial charge < -0.3 is 15.3 Å². The first-order valence-electron chi connectivity index (χ1n) is 5.62. The molecule has 1 rings (SSSR count). The number of carbonyl (C=O) groups excluding carboxylic acids is 1. The highest BCUT2D eigenvalue weighted by atomic mass is 16.4. The molecule has 0 radical (unpaired) electrons. The maximum Gasteiger partial charge on any atom is 0.318 e. The Labute approximate surface area is 95.8 Å². The van der Waals surface area contributed by atoms with Gasteiger partial charge in [-0.3, -0.25) is 4.79 Å². The van der Waals surface area contributed by atoms with E-state index in [2.05, 4.69) is 5.32 Å². The van der Waals surface area contributed by atoms with Gasteiger partial charge in [0.05, 0.1) is 6.42 Å². The minimum absolute atomic E-state index is 0.0685. The molecule has 0 saturated carbocycles. The summed E-state index contributed by atoms with van der Waals surface area (Å²) in [5.41, 5.74) is -0.703. The second-order valence-electron chi connectivity index (χ2n) is 5.07. The number of amides is 2. The molecule has 1 heterocycles. The summed E-state index contributed by atoms with van der Waals surface area (Å²) in [4.78, 5) is 24.3. The van der Waals surface area contributed by atoms with Crippen molar-refractivity contribution >= 4 is 12.0 Å². The molecule has 16 heavy (non-hydrogen) atoms. The Bertz CT molecular complexity index is 289. The third-order valence-electron chi connectivity index (χ3n) is 2.85. The quantitative estimate of drug-likeness (QED) is 0.767. The lowest BCUT2D eigenvalue weighted by atomic mass is 10.0. The van der Waals surface area contributed by atoms with Crippen molar-refractivity contribution in [2.24, 2.45) is 0 Å². The van der Waals surface area contributed by atoms with Crippen LogP contribution in [-0.2, 0) is 4.79 Å². The van der Waals surface area contributed by atoms with Crippen LogP contribution in [0.2, 0.25) is 0 Å². The highest BCUT2D eigenvalue weighted by Crippen LogP contribution is 2.18. The van der Waals surface area contributed by atoms with Crippen molar-refractivity contribution in [2.45, 2.75) is 51.6 Å². The third-order valence-corrected chi connectivity index (χ3v) is 2.85. The van der Waals surface area contributed by atoms with E-state index in [1.54, 1.807) is 18.7 Å². The van der Waals surface area contributed by atoms with Crippen LogP contribution in [0.25, 0.3) is 0 Å². The van der Waals surface area contributed by atoms with Gasteiger partial charge >= 0.3 is 12.0 Å². The lowest BCUT2D eigenvalue weighted by molar-refractivity contribution is -0.138. The van der Waals surface area contributed by atoms with Crippen LogP contribution >= 0.6 is 0 Å². The number of carboxylic acid groups (broad SMARTS) is 1. The van der Waals surface area contributed by atoms with E-state index in [1.165, 1.54) is 0 Å². The zero-order chi connectivity index (χ0) is 12.3. The first-order chi connectivity index (χ1) is 7.32. The Balaban J connectivity index is 2.52. The minimum atomic E-state index is -0.903. The molecule has 1 unspecified atom stereocenters. The summed E-state index contributed by atoms with van der Waals surface area (Å²) in [6, 6.07) is 0.0943. The second-order valence-corrected chi connectivity index (χ2v) is 5.07. The second kappa shape index (κ2) is 4.72. The van der Waals surface area contributed by atoms with Gasteiger partial charge in [0, 0.05) is 18.1 Å². The van der Waals surface area contributed by atoms with Crippen LogP contribution in [0.1, 0.15) is 40.0 Å². The van der Waals surface area contributed by atoms with Gasteiger partial charge in [-0.2, -0.15) is 0 Å². The number of carbonyl (C=O) groups is 2. The van der Waals surface area contributed by atoms with E-state index in [0.717, 1.165) is 19.4 Å². The lowest BCUT2D eigenvalue weighted by Gasteiger charge is -2.29. The zero-order valence-electron chi connectivity index (χ0n) is 10.1. The first kappa shape index (κ1) is 12.8. The number of rotatable bonds is 3. The van der Waals surface area contributed by atoms with Crippen molar-refractivity contribution in [3.8, 4) is 0 Å². The van der Waals surface area contributed by atoms with Crippen LogP contribution in [0, 0.1) is 0 Å². The molecule has 92 valence electrons. The van der Waals surface area contributed by atoms with Gasteiger partial charge in [0.25, 0.3) is 0 Å². The molecule has 0 aromatic rings. The fourth-order valence-corrected chi connectivity index (χ4v) is 2.02. The average molecular weight is 228 g/mol. The van der Waals surface area contributed by atoms with Gasteiger partial charge in [-0.05, 0) is 33.6 Å². The molecule has 0 aromatic carbocycles. The molecule has 1 atom stereocenters. The molecule has 1 fully saturated rings. The van der Waals surface area contributed by atoms with Crippen molar-refractivity contribution < 1.29 is 14.7 Å². The molecule has 1 aliphatic rings. The molecule has 1 aliphatic heterocycles. The smallest absolute Gasteiger partial charge is 0.318 e. The van der Waals surface area contributed by atoms with Crippen LogP contribution in [0.4, 0.5) is 4.79 Å². The fraction of sp³-hybridized carbons (Fsp3) is 0.818.